The Bertz CT molecular complexity index is 1700. The summed E-state index contributed by atoms with van der Waals surface area (Å²) in [4.78, 5) is 24.4. The lowest BCUT2D eigenvalue weighted by atomic mass is 9.52. The number of carbonyl (C=O) groups is 2. The Balaban J connectivity index is 1.62. The van der Waals surface area contributed by atoms with E-state index in [-0.39, 0.29) is 34.5 Å². The largest absolute Gasteiger partial charge is 0.478 e. The molecule has 6 aliphatic carbocycles. The minimum absolute atomic E-state index is 0.0421. The molecule has 0 aromatic heterocycles. The molecule has 212 valence electrons. The monoisotopic (exact) mass is 556 g/mol. The first-order valence-electron chi connectivity index (χ1n) is 14.8. The first-order valence-corrected chi connectivity index (χ1v) is 14.8. The summed E-state index contributed by atoms with van der Waals surface area (Å²) in [6, 6.07) is 25.1. The van der Waals surface area contributed by atoms with Crippen molar-refractivity contribution in [1.29, 1.82) is 0 Å². The molecule has 0 amide bonds. The van der Waals surface area contributed by atoms with Gasteiger partial charge in [0.05, 0.1) is 11.1 Å². The van der Waals surface area contributed by atoms with Gasteiger partial charge < -0.3 is 10.2 Å². The SMILES string of the molecule is CC(C)(C)c1ccc2c(c1)[C@@H]1c3ccc(C(=O)O)cc3[C@H]2[C@H]2c3ccc(C(=O)O)cc3[C@@H]1c1ccc(C(C)(C)C)cc12. The van der Waals surface area contributed by atoms with Crippen molar-refractivity contribution in [3.05, 3.63) is 140 Å². The molecule has 6 aliphatic rings. The van der Waals surface area contributed by atoms with Crippen LogP contribution in [0.3, 0.4) is 0 Å². The lowest BCUT2D eigenvalue weighted by Crippen LogP contribution is -2.36. The minimum Gasteiger partial charge on any atom is -0.478 e. The highest BCUT2D eigenvalue weighted by Gasteiger charge is 2.50. The van der Waals surface area contributed by atoms with Crippen LogP contribution in [0.5, 0.6) is 0 Å². The molecule has 4 heteroatoms. The summed E-state index contributed by atoms with van der Waals surface area (Å²) in [7, 11) is 0. The molecule has 2 N–H and O–H groups in total. The standard InChI is InChI=1S/C38H36O4/c1-37(2,3)21-9-13-25-29(17-21)33-23-11-7-19(35(39)40)15-27(23)31(25)34-24-12-8-20(36(41)42)16-28(24)32(33)26-14-10-22(18-30(26)34)38(4,5)6/h7-18,31-34H,1-6H3,(H,39,40)(H,41,42)/t31-,32-,33-,34-/m0/s1. The third-order valence-electron chi connectivity index (χ3n) is 9.92. The molecular weight excluding hydrogens is 520 g/mol. The van der Waals surface area contributed by atoms with E-state index in [1.165, 1.54) is 33.4 Å². The molecule has 0 saturated heterocycles. The van der Waals surface area contributed by atoms with E-state index in [2.05, 4.69) is 77.9 Å². The highest BCUT2D eigenvalue weighted by molar-refractivity contribution is 5.89. The smallest absolute Gasteiger partial charge is 0.335 e. The van der Waals surface area contributed by atoms with Gasteiger partial charge in [0.2, 0.25) is 0 Å². The maximum Gasteiger partial charge on any atom is 0.335 e. The zero-order valence-corrected chi connectivity index (χ0v) is 24.9. The third-order valence-corrected chi connectivity index (χ3v) is 9.92. The van der Waals surface area contributed by atoms with Crippen LogP contribution in [-0.4, -0.2) is 22.2 Å². The van der Waals surface area contributed by atoms with Crippen molar-refractivity contribution in [2.24, 2.45) is 0 Å². The molecule has 10 rings (SSSR count). The molecule has 0 unspecified atom stereocenters. The minimum atomic E-state index is -0.925. The molecule has 4 aromatic carbocycles. The fraction of sp³-hybridized carbons (Fsp3) is 0.316. The molecule has 42 heavy (non-hydrogen) atoms. The summed E-state index contributed by atoms with van der Waals surface area (Å²) in [5, 5.41) is 20.0. The lowest BCUT2D eigenvalue weighted by Gasteiger charge is -2.50. The molecule has 4 atom stereocenters. The molecule has 0 radical (unpaired) electrons. The number of hydrogen-bond donors (Lipinski definition) is 2. The maximum absolute atomic E-state index is 12.2. The topological polar surface area (TPSA) is 74.6 Å². The van der Waals surface area contributed by atoms with Crippen LogP contribution < -0.4 is 0 Å². The summed E-state index contributed by atoms with van der Waals surface area (Å²) >= 11 is 0. The molecule has 4 aromatic rings. The van der Waals surface area contributed by atoms with Crippen LogP contribution in [0.15, 0.2) is 72.8 Å². The van der Waals surface area contributed by atoms with Crippen LogP contribution in [0, 0.1) is 0 Å². The van der Waals surface area contributed by atoms with Crippen LogP contribution in [-0.2, 0) is 10.8 Å². The van der Waals surface area contributed by atoms with Gasteiger partial charge in [-0.1, -0.05) is 90.1 Å². The van der Waals surface area contributed by atoms with E-state index in [1.54, 1.807) is 12.1 Å². The second-order valence-electron chi connectivity index (χ2n) is 14.4. The van der Waals surface area contributed by atoms with Crippen molar-refractivity contribution in [3.8, 4) is 0 Å². The predicted octanol–water partition coefficient (Wildman–Crippen LogP) is 8.55. The van der Waals surface area contributed by atoms with Gasteiger partial charge in [0.1, 0.15) is 0 Å². The van der Waals surface area contributed by atoms with Crippen molar-refractivity contribution in [1.82, 2.24) is 0 Å². The van der Waals surface area contributed by atoms with E-state index in [0.717, 1.165) is 22.3 Å². The predicted molar refractivity (Wildman–Crippen MR) is 164 cm³/mol. The van der Waals surface area contributed by atoms with Crippen LogP contribution in [0.25, 0.3) is 0 Å². The molecule has 0 aliphatic heterocycles. The fourth-order valence-electron chi connectivity index (χ4n) is 7.81. The Kier molecular flexibility index (Phi) is 5.51. The average molecular weight is 557 g/mol. The number of aromatic carboxylic acids is 2. The summed E-state index contributed by atoms with van der Waals surface area (Å²) in [6.45, 7) is 13.4. The Morgan fingerprint density at radius 1 is 0.452 bits per heavy atom. The van der Waals surface area contributed by atoms with Crippen LogP contribution in [0.2, 0.25) is 0 Å². The van der Waals surface area contributed by atoms with Gasteiger partial charge in [-0.05, 0) is 90.7 Å². The summed E-state index contributed by atoms with van der Waals surface area (Å²) in [6.07, 6.45) is 0. The Morgan fingerprint density at radius 2 is 0.738 bits per heavy atom. The summed E-state index contributed by atoms with van der Waals surface area (Å²) in [5.41, 5.74) is 12.5. The quantitative estimate of drug-likeness (QED) is 0.259. The number of hydrogen-bond acceptors (Lipinski definition) is 2. The second-order valence-corrected chi connectivity index (χ2v) is 14.4. The van der Waals surface area contributed by atoms with Crippen molar-refractivity contribution < 1.29 is 19.8 Å². The van der Waals surface area contributed by atoms with Crippen molar-refractivity contribution >= 4 is 11.9 Å². The van der Waals surface area contributed by atoms with Gasteiger partial charge in [-0.25, -0.2) is 9.59 Å². The molecule has 0 heterocycles. The highest BCUT2D eigenvalue weighted by atomic mass is 16.4. The number of carboxylic acids is 2. The maximum atomic E-state index is 12.2. The van der Waals surface area contributed by atoms with E-state index in [9.17, 15) is 19.8 Å². The van der Waals surface area contributed by atoms with Gasteiger partial charge >= 0.3 is 11.9 Å². The summed E-state index contributed by atoms with van der Waals surface area (Å²) < 4.78 is 0. The lowest BCUT2D eigenvalue weighted by molar-refractivity contribution is 0.0686. The molecule has 0 spiro atoms. The van der Waals surface area contributed by atoms with Crippen LogP contribution in [0.1, 0.15) is 142 Å². The molecule has 4 bridgehead atoms. The van der Waals surface area contributed by atoms with Gasteiger partial charge in [-0.15, -0.1) is 0 Å². The first kappa shape index (κ1) is 26.7. The number of benzene rings is 4. The van der Waals surface area contributed by atoms with E-state index in [4.69, 9.17) is 0 Å². The molecule has 0 fully saturated rings. The van der Waals surface area contributed by atoms with Gasteiger partial charge in [0.25, 0.3) is 0 Å². The van der Waals surface area contributed by atoms with E-state index < -0.39 is 11.9 Å². The zero-order chi connectivity index (χ0) is 29.9. The normalized spacial score (nSPS) is 21.5. The zero-order valence-electron chi connectivity index (χ0n) is 24.9. The van der Waals surface area contributed by atoms with E-state index in [1.807, 2.05) is 24.3 Å². The Morgan fingerprint density at radius 3 is 1.02 bits per heavy atom. The highest BCUT2D eigenvalue weighted by Crippen LogP contribution is 2.64. The fourth-order valence-corrected chi connectivity index (χ4v) is 7.81. The summed E-state index contributed by atoms with van der Waals surface area (Å²) in [5.74, 6) is -2.23. The van der Waals surface area contributed by atoms with Gasteiger partial charge in [0, 0.05) is 23.7 Å². The van der Waals surface area contributed by atoms with E-state index >= 15 is 0 Å². The Labute approximate surface area is 247 Å². The van der Waals surface area contributed by atoms with Gasteiger partial charge in [-0.2, -0.15) is 0 Å². The van der Waals surface area contributed by atoms with Crippen molar-refractivity contribution in [3.63, 3.8) is 0 Å². The van der Waals surface area contributed by atoms with Gasteiger partial charge in [0.15, 0.2) is 0 Å². The first-order chi connectivity index (χ1) is 19.8. The molecular formula is C38H36O4. The molecule has 0 saturated carbocycles. The van der Waals surface area contributed by atoms with Crippen molar-refractivity contribution in [2.45, 2.75) is 76.0 Å². The van der Waals surface area contributed by atoms with Crippen molar-refractivity contribution in [2.75, 3.05) is 0 Å². The van der Waals surface area contributed by atoms with Gasteiger partial charge in [-0.3, -0.25) is 0 Å². The van der Waals surface area contributed by atoms with E-state index in [0.29, 0.717) is 11.1 Å². The van der Waals surface area contributed by atoms with Crippen LogP contribution >= 0.6 is 0 Å². The number of rotatable bonds is 2. The number of carboxylic acid groups (broad SMARTS) is 2. The third kappa shape index (κ3) is 3.74. The Hall–Kier alpha value is -4.18. The average Bonchev–Trinajstić information content (AvgIpc) is 2.91. The molecule has 4 nitrogen and oxygen atoms in total. The second kappa shape index (κ2) is 8.67. The van der Waals surface area contributed by atoms with Crippen LogP contribution in [0.4, 0.5) is 0 Å².